The van der Waals surface area contributed by atoms with E-state index < -0.39 is 0 Å². The first kappa shape index (κ1) is 12.2. The maximum atomic E-state index is 8.72. The highest BCUT2D eigenvalue weighted by molar-refractivity contribution is 5.31. The minimum atomic E-state index is 0.765. The van der Waals surface area contributed by atoms with E-state index in [0.29, 0.717) is 0 Å². The first-order chi connectivity index (χ1) is 8.38. The van der Waals surface area contributed by atoms with Crippen LogP contribution >= 0.6 is 0 Å². The third-order valence-corrected chi connectivity index (χ3v) is 3.89. The molecule has 1 saturated carbocycles. The molecule has 17 heavy (non-hydrogen) atoms. The number of hydrogen-bond acceptors (Lipinski definition) is 1. The Balaban J connectivity index is 1.72. The van der Waals surface area contributed by atoms with E-state index in [9.17, 15) is 0 Å². The predicted molar refractivity (Wildman–Crippen MR) is 70.7 cm³/mol. The highest BCUT2D eigenvalue weighted by Gasteiger charge is 2.12. The second-order valence-corrected chi connectivity index (χ2v) is 5.20. The number of hydrogen-bond donors (Lipinski definition) is 0. The van der Waals surface area contributed by atoms with Crippen molar-refractivity contribution in [1.82, 2.24) is 0 Å². The average Bonchev–Trinajstić information content (AvgIpc) is 2.41. The fraction of sp³-hybridized carbons (Fsp3) is 0.562. The van der Waals surface area contributed by atoms with Gasteiger partial charge in [0.25, 0.3) is 0 Å². The second kappa shape index (κ2) is 6.45. The van der Waals surface area contributed by atoms with Gasteiger partial charge in [-0.05, 0) is 36.5 Å². The third kappa shape index (κ3) is 3.89. The van der Waals surface area contributed by atoms with Crippen LogP contribution in [0, 0.1) is 17.2 Å². The van der Waals surface area contributed by atoms with E-state index in [4.69, 9.17) is 5.26 Å². The summed E-state index contributed by atoms with van der Waals surface area (Å²) in [5.41, 5.74) is 2.14. The standard InChI is InChI=1S/C16H21N/c17-13-16-11-9-15(10-12-16)8-4-7-14-5-2-1-3-6-14/h9-12,14H,1-8H2. The predicted octanol–water partition coefficient (Wildman–Crippen LogP) is 4.46. The van der Waals surface area contributed by atoms with Crippen LogP contribution in [-0.4, -0.2) is 0 Å². The highest BCUT2D eigenvalue weighted by atomic mass is 14.2. The zero-order chi connectivity index (χ0) is 11.9. The van der Waals surface area contributed by atoms with Crippen molar-refractivity contribution >= 4 is 0 Å². The lowest BCUT2D eigenvalue weighted by molar-refractivity contribution is 0.332. The third-order valence-electron chi connectivity index (χ3n) is 3.89. The summed E-state index contributed by atoms with van der Waals surface area (Å²) in [6, 6.07) is 10.2. The molecule has 1 nitrogen and oxygen atoms in total. The molecule has 0 atom stereocenters. The number of nitrogens with zero attached hydrogens (tertiary/aromatic N) is 1. The zero-order valence-corrected chi connectivity index (χ0v) is 10.5. The molecule has 0 aromatic heterocycles. The van der Waals surface area contributed by atoms with Gasteiger partial charge in [0.1, 0.15) is 0 Å². The Hall–Kier alpha value is -1.29. The van der Waals surface area contributed by atoms with Crippen LogP contribution in [-0.2, 0) is 6.42 Å². The van der Waals surface area contributed by atoms with Crippen molar-refractivity contribution in [2.24, 2.45) is 5.92 Å². The molecule has 2 rings (SSSR count). The molecule has 0 radical (unpaired) electrons. The van der Waals surface area contributed by atoms with Crippen LogP contribution in [0.3, 0.4) is 0 Å². The van der Waals surface area contributed by atoms with Crippen molar-refractivity contribution in [3.63, 3.8) is 0 Å². The van der Waals surface area contributed by atoms with E-state index in [2.05, 4.69) is 18.2 Å². The minimum Gasteiger partial charge on any atom is -0.192 e. The molecule has 0 N–H and O–H groups in total. The minimum absolute atomic E-state index is 0.765. The van der Waals surface area contributed by atoms with Crippen LogP contribution in [0.2, 0.25) is 0 Å². The summed E-state index contributed by atoms with van der Waals surface area (Å²) in [5.74, 6) is 0.988. The second-order valence-electron chi connectivity index (χ2n) is 5.20. The monoisotopic (exact) mass is 227 g/mol. The quantitative estimate of drug-likeness (QED) is 0.745. The van der Waals surface area contributed by atoms with Gasteiger partial charge >= 0.3 is 0 Å². The molecule has 0 unspecified atom stereocenters. The fourth-order valence-corrected chi connectivity index (χ4v) is 2.82. The smallest absolute Gasteiger partial charge is 0.0991 e. The molecule has 0 saturated heterocycles. The van der Waals surface area contributed by atoms with Gasteiger partial charge in [-0.15, -0.1) is 0 Å². The van der Waals surface area contributed by atoms with Gasteiger partial charge in [0, 0.05) is 0 Å². The van der Waals surface area contributed by atoms with Gasteiger partial charge in [-0.2, -0.15) is 5.26 Å². The van der Waals surface area contributed by atoms with Gasteiger partial charge in [-0.3, -0.25) is 0 Å². The molecule has 1 aromatic carbocycles. The average molecular weight is 227 g/mol. The van der Waals surface area contributed by atoms with Crippen molar-refractivity contribution in [2.75, 3.05) is 0 Å². The van der Waals surface area contributed by atoms with Crippen molar-refractivity contribution in [3.05, 3.63) is 35.4 Å². The highest BCUT2D eigenvalue weighted by Crippen LogP contribution is 2.27. The van der Waals surface area contributed by atoms with Gasteiger partial charge < -0.3 is 0 Å². The van der Waals surface area contributed by atoms with Crippen molar-refractivity contribution in [1.29, 1.82) is 5.26 Å². The molecule has 0 amide bonds. The van der Waals surface area contributed by atoms with Gasteiger partial charge in [0.15, 0.2) is 0 Å². The number of rotatable bonds is 4. The summed E-state index contributed by atoms with van der Waals surface area (Å²) >= 11 is 0. The maximum Gasteiger partial charge on any atom is 0.0991 e. The summed E-state index contributed by atoms with van der Waals surface area (Å²) < 4.78 is 0. The Morgan fingerprint density at radius 3 is 2.41 bits per heavy atom. The number of benzene rings is 1. The molecule has 1 aliphatic rings. The number of nitriles is 1. The Bertz CT molecular complexity index is 366. The van der Waals surface area contributed by atoms with Gasteiger partial charge in [0.2, 0.25) is 0 Å². The van der Waals surface area contributed by atoms with Crippen LogP contribution in [0.15, 0.2) is 24.3 Å². The largest absolute Gasteiger partial charge is 0.192 e. The van der Waals surface area contributed by atoms with Crippen molar-refractivity contribution < 1.29 is 0 Å². The molecule has 1 heteroatoms. The molecule has 90 valence electrons. The van der Waals surface area contributed by atoms with E-state index in [-0.39, 0.29) is 0 Å². The molecular weight excluding hydrogens is 206 g/mol. The van der Waals surface area contributed by atoms with Crippen LogP contribution in [0.1, 0.15) is 56.1 Å². The molecule has 1 aliphatic carbocycles. The molecular formula is C16H21N. The lowest BCUT2D eigenvalue weighted by Crippen LogP contribution is -2.06. The van der Waals surface area contributed by atoms with E-state index in [0.717, 1.165) is 11.5 Å². The first-order valence-electron chi connectivity index (χ1n) is 6.87. The summed E-state index contributed by atoms with van der Waals surface area (Å²) in [5, 5.41) is 8.72. The molecule has 0 aliphatic heterocycles. The lowest BCUT2D eigenvalue weighted by atomic mass is 9.85. The van der Waals surface area contributed by atoms with Crippen molar-refractivity contribution in [2.45, 2.75) is 51.4 Å². The Kier molecular flexibility index (Phi) is 4.62. The topological polar surface area (TPSA) is 23.8 Å². The molecule has 0 bridgehead atoms. The van der Waals surface area contributed by atoms with Gasteiger partial charge in [0.05, 0.1) is 11.6 Å². The summed E-state index contributed by atoms with van der Waals surface area (Å²) in [6.07, 6.45) is 11.1. The Labute approximate surface area is 104 Å². The molecule has 0 heterocycles. The lowest BCUT2D eigenvalue weighted by Gasteiger charge is -2.21. The maximum absolute atomic E-state index is 8.72. The van der Waals surface area contributed by atoms with Crippen LogP contribution < -0.4 is 0 Å². The zero-order valence-electron chi connectivity index (χ0n) is 10.5. The SMILES string of the molecule is N#Cc1ccc(CCCC2CCCCC2)cc1. The van der Waals surface area contributed by atoms with Crippen LogP contribution in [0.4, 0.5) is 0 Å². The normalized spacial score (nSPS) is 16.6. The number of aryl methyl sites for hydroxylation is 1. The van der Waals surface area contributed by atoms with E-state index >= 15 is 0 Å². The van der Waals surface area contributed by atoms with Gasteiger partial charge in [-0.1, -0.05) is 50.7 Å². The van der Waals surface area contributed by atoms with E-state index in [1.165, 1.54) is 56.9 Å². The first-order valence-corrected chi connectivity index (χ1v) is 6.87. The molecule has 1 fully saturated rings. The van der Waals surface area contributed by atoms with Gasteiger partial charge in [-0.25, -0.2) is 0 Å². The Morgan fingerprint density at radius 2 is 1.76 bits per heavy atom. The van der Waals surface area contributed by atoms with Crippen LogP contribution in [0.5, 0.6) is 0 Å². The van der Waals surface area contributed by atoms with Crippen LogP contribution in [0.25, 0.3) is 0 Å². The van der Waals surface area contributed by atoms with E-state index in [1.807, 2.05) is 12.1 Å². The summed E-state index contributed by atoms with van der Waals surface area (Å²) in [6.45, 7) is 0. The Morgan fingerprint density at radius 1 is 1.06 bits per heavy atom. The molecule has 0 spiro atoms. The summed E-state index contributed by atoms with van der Waals surface area (Å²) in [7, 11) is 0. The fourth-order valence-electron chi connectivity index (χ4n) is 2.82. The molecule has 1 aromatic rings. The van der Waals surface area contributed by atoms with E-state index in [1.54, 1.807) is 0 Å². The van der Waals surface area contributed by atoms with Crippen molar-refractivity contribution in [3.8, 4) is 6.07 Å². The summed E-state index contributed by atoms with van der Waals surface area (Å²) in [4.78, 5) is 0.